The fourth-order valence-electron chi connectivity index (χ4n) is 2.09. The van der Waals surface area contributed by atoms with Gasteiger partial charge in [0.1, 0.15) is 11.3 Å². The summed E-state index contributed by atoms with van der Waals surface area (Å²) in [5.41, 5.74) is 3.62. The van der Waals surface area contributed by atoms with Crippen molar-refractivity contribution in [3.8, 4) is 0 Å². The second-order valence-electron chi connectivity index (χ2n) is 4.61. The molecule has 2 nitrogen and oxygen atoms in total. The van der Waals surface area contributed by atoms with Gasteiger partial charge in [-0.1, -0.05) is 26.0 Å². The molecule has 1 aromatic carbocycles. The van der Waals surface area contributed by atoms with E-state index in [0.717, 1.165) is 17.9 Å². The van der Waals surface area contributed by atoms with Gasteiger partial charge in [-0.15, -0.1) is 0 Å². The topological polar surface area (TPSA) is 25.2 Å². The number of hydrogen-bond acceptors (Lipinski definition) is 2. The van der Waals surface area contributed by atoms with Crippen LogP contribution in [0.1, 0.15) is 36.7 Å². The molecule has 0 fully saturated rings. The van der Waals surface area contributed by atoms with E-state index in [0.29, 0.717) is 5.92 Å². The Morgan fingerprint density at radius 1 is 1.31 bits per heavy atom. The summed E-state index contributed by atoms with van der Waals surface area (Å²) in [7, 11) is 1.93. The minimum Gasteiger partial charge on any atom is -0.459 e. The Morgan fingerprint density at radius 2 is 2.06 bits per heavy atom. The number of benzene rings is 1. The molecule has 0 bridgehead atoms. The van der Waals surface area contributed by atoms with Crippen LogP contribution in [0, 0.1) is 6.92 Å². The average molecular weight is 217 g/mol. The first-order valence-electron chi connectivity index (χ1n) is 5.80. The lowest BCUT2D eigenvalue weighted by Gasteiger charge is -2.07. The van der Waals surface area contributed by atoms with Crippen LogP contribution in [0.4, 0.5) is 0 Å². The Balaban J connectivity index is 2.63. The number of hydrogen-bond donors (Lipinski definition) is 1. The molecular formula is C14H19NO. The molecule has 0 saturated carbocycles. The van der Waals surface area contributed by atoms with Crippen LogP contribution in [0.25, 0.3) is 11.0 Å². The van der Waals surface area contributed by atoms with Crippen LogP contribution in [-0.4, -0.2) is 7.05 Å². The van der Waals surface area contributed by atoms with Crippen molar-refractivity contribution >= 4 is 11.0 Å². The lowest BCUT2D eigenvalue weighted by molar-refractivity contribution is 0.529. The van der Waals surface area contributed by atoms with E-state index in [9.17, 15) is 0 Å². The molecule has 0 aliphatic carbocycles. The van der Waals surface area contributed by atoms with Crippen molar-refractivity contribution in [3.05, 3.63) is 35.1 Å². The molecule has 0 amide bonds. The molecule has 0 radical (unpaired) electrons. The molecule has 0 atom stereocenters. The van der Waals surface area contributed by atoms with Crippen molar-refractivity contribution in [2.45, 2.75) is 33.2 Å². The summed E-state index contributed by atoms with van der Waals surface area (Å²) < 4.78 is 5.87. The van der Waals surface area contributed by atoms with E-state index in [1.54, 1.807) is 0 Å². The highest BCUT2D eigenvalue weighted by molar-refractivity contribution is 5.85. The minimum absolute atomic E-state index is 0.531. The summed E-state index contributed by atoms with van der Waals surface area (Å²) >= 11 is 0. The molecule has 2 aromatic rings. The quantitative estimate of drug-likeness (QED) is 0.850. The lowest BCUT2D eigenvalue weighted by Crippen LogP contribution is -2.03. The van der Waals surface area contributed by atoms with Crippen molar-refractivity contribution in [1.82, 2.24) is 5.32 Å². The third-order valence-corrected chi connectivity index (χ3v) is 2.94. The Hall–Kier alpha value is -1.28. The average Bonchev–Trinajstić information content (AvgIpc) is 2.62. The maximum Gasteiger partial charge on any atom is 0.137 e. The number of fused-ring (bicyclic) bond motifs is 1. The fourth-order valence-corrected chi connectivity index (χ4v) is 2.09. The Bertz CT molecular complexity index is 497. The molecule has 2 heteroatoms. The third-order valence-electron chi connectivity index (χ3n) is 2.94. The SMILES string of the molecule is CNCc1cc2c(C(C)C)ccc(C)c2o1. The predicted molar refractivity (Wildman–Crippen MR) is 67.8 cm³/mol. The van der Waals surface area contributed by atoms with E-state index in [4.69, 9.17) is 4.42 Å². The van der Waals surface area contributed by atoms with Crippen LogP contribution >= 0.6 is 0 Å². The zero-order valence-corrected chi connectivity index (χ0v) is 10.4. The molecule has 16 heavy (non-hydrogen) atoms. The Labute approximate surface area is 96.6 Å². The molecule has 0 unspecified atom stereocenters. The largest absolute Gasteiger partial charge is 0.459 e. The van der Waals surface area contributed by atoms with Crippen molar-refractivity contribution in [1.29, 1.82) is 0 Å². The summed E-state index contributed by atoms with van der Waals surface area (Å²) in [5, 5.41) is 4.38. The molecule has 1 heterocycles. The minimum atomic E-state index is 0.531. The molecule has 0 spiro atoms. The maximum atomic E-state index is 5.87. The Kier molecular flexibility index (Phi) is 3.01. The van der Waals surface area contributed by atoms with Crippen LogP contribution in [0.15, 0.2) is 22.6 Å². The van der Waals surface area contributed by atoms with Crippen LogP contribution in [-0.2, 0) is 6.54 Å². The second-order valence-corrected chi connectivity index (χ2v) is 4.61. The van der Waals surface area contributed by atoms with Gasteiger partial charge in [0.25, 0.3) is 0 Å². The molecule has 0 saturated heterocycles. The molecule has 86 valence electrons. The summed E-state index contributed by atoms with van der Waals surface area (Å²) in [4.78, 5) is 0. The number of rotatable bonds is 3. The highest BCUT2D eigenvalue weighted by Crippen LogP contribution is 2.30. The normalized spacial score (nSPS) is 11.6. The smallest absolute Gasteiger partial charge is 0.137 e. The first-order chi connectivity index (χ1) is 7.63. The summed E-state index contributed by atoms with van der Waals surface area (Å²) in [6, 6.07) is 6.51. The molecule has 1 N–H and O–H groups in total. The van der Waals surface area contributed by atoms with Crippen molar-refractivity contribution in [3.63, 3.8) is 0 Å². The van der Waals surface area contributed by atoms with E-state index in [-0.39, 0.29) is 0 Å². The van der Waals surface area contributed by atoms with Gasteiger partial charge < -0.3 is 9.73 Å². The van der Waals surface area contributed by atoms with E-state index in [1.807, 2.05) is 7.05 Å². The number of furan rings is 1. The summed E-state index contributed by atoms with van der Waals surface area (Å²) in [6.07, 6.45) is 0. The van der Waals surface area contributed by atoms with Gasteiger partial charge >= 0.3 is 0 Å². The number of nitrogens with one attached hydrogen (secondary N) is 1. The van der Waals surface area contributed by atoms with E-state index >= 15 is 0 Å². The van der Waals surface area contributed by atoms with Crippen molar-refractivity contribution < 1.29 is 4.42 Å². The molecule has 0 aliphatic rings. The molecular weight excluding hydrogens is 198 g/mol. The van der Waals surface area contributed by atoms with Gasteiger partial charge in [0.2, 0.25) is 0 Å². The van der Waals surface area contributed by atoms with Gasteiger partial charge in [0.05, 0.1) is 6.54 Å². The first kappa shape index (κ1) is 11.2. The zero-order chi connectivity index (χ0) is 11.7. The van der Waals surface area contributed by atoms with Gasteiger partial charge in [-0.2, -0.15) is 0 Å². The Morgan fingerprint density at radius 3 is 2.69 bits per heavy atom. The summed E-state index contributed by atoms with van der Waals surface area (Å²) in [5.74, 6) is 1.54. The van der Waals surface area contributed by atoms with Crippen molar-refractivity contribution in [2.75, 3.05) is 7.05 Å². The van der Waals surface area contributed by atoms with E-state index in [1.165, 1.54) is 16.5 Å². The first-order valence-corrected chi connectivity index (χ1v) is 5.80. The van der Waals surface area contributed by atoms with Crippen LogP contribution in [0.3, 0.4) is 0 Å². The van der Waals surface area contributed by atoms with E-state index < -0.39 is 0 Å². The zero-order valence-electron chi connectivity index (χ0n) is 10.4. The lowest BCUT2D eigenvalue weighted by atomic mass is 9.97. The summed E-state index contributed by atoms with van der Waals surface area (Å²) in [6.45, 7) is 7.31. The highest BCUT2D eigenvalue weighted by atomic mass is 16.3. The molecule has 2 rings (SSSR count). The fraction of sp³-hybridized carbons (Fsp3) is 0.429. The van der Waals surface area contributed by atoms with Crippen LogP contribution in [0.5, 0.6) is 0 Å². The van der Waals surface area contributed by atoms with Gasteiger partial charge in [-0.25, -0.2) is 0 Å². The number of aryl methyl sites for hydroxylation is 1. The highest BCUT2D eigenvalue weighted by Gasteiger charge is 2.11. The van der Waals surface area contributed by atoms with E-state index in [2.05, 4.69) is 44.3 Å². The van der Waals surface area contributed by atoms with Crippen molar-refractivity contribution in [2.24, 2.45) is 0 Å². The standard InChI is InChI=1S/C14H19NO/c1-9(2)12-6-5-10(3)14-13(12)7-11(16-14)8-15-4/h5-7,9,15H,8H2,1-4H3. The van der Waals surface area contributed by atoms with Gasteiger partial charge in [-0.05, 0) is 37.1 Å². The van der Waals surface area contributed by atoms with Gasteiger partial charge in [-0.3, -0.25) is 0 Å². The second kappa shape index (κ2) is 4.30. The van der Waals surface area contributed by atoms with Crippen LogP contribution < -0.4 is 5.32 Å². The van der Waals surface area contributed by atoms with Gasteiger partial charge in [0, 0.05) is 5.39 Å². The van der Waals surface area contributed by atoms with Gasteiger partial charge in [0.15, 0.2) is 0 Å². The monoisotopic (exact) mass is 217 g/mol. The predicted octanol–water partition coefficient (Wildman–Crippen LogP) is 3.58. The molecule has 0 aliphatic heterocycles. The maximum absolute atomic E-state index is 5.87. The van der Waals surface area contributed by atoms with Crippen LogP contribution in [0.2, 0.25) is 0 Å². The molecule has 1 aromatic heterocycles. The third kappa shape index (κ3) is 1.85.